The van der Waals surface area contributed by atoms with E-state index in [-0.39, 0.29) is 0 Å². The van der Waals surface area contributed by atoms with Crippen LogP contribution in [0.1, 0.15) is 25.3 Å². The number of benzene rings is 1. The van der Waals surface area contributed by atoms with Gasteiger partial charge in [0.15, 0.2) is 0 Å². The third kappa shape index (κ3) is 4.21. The van der Waals surface area contributed by atoms with Crippen LogP contribution >= 0.6 is 15.9 Å². The first-order valence-corrected chi connectivity index (χ1v) is 8.03. The normalized spacial score (nSPS) is 19.0. The van der Waals surface area contributed by atoms with E-state index in [1.807, 2.05) is 6.07 Å². The third-order valence-corrected chi connectivity index (χ3v) is 4.91. The van der Waals surface area contributed by atoms with Gasteiger partial charge in [0.05, 0.1) is 11.6 Å². The molecule has 1 saturated heterocycles. The fourth-order valence-corrected chi connectivity index (χ4v) is 3.25. The summed E-state index contributed by atoms with van der Waals surface area (Å²) in [6.07, 6.45) is 2.56. The number of methoxy groups -OCH3 is 1. The van der Waals surface area contributed by atoms with Gasteiger partial charge in [-0.05, 0) is 72.0 Å². The summed E-state index contributed by atoms with van der Waals surface area (Å²) in [4.78, 5) is 2.42. The zero-order valence-corrected chi connectivity index (χ0v) is 14.3. The number of nitrogens with one attached hydrogen (secondary N) is 1. The van der Waals surface area contributed by atoms with Gasteiger partial charge in [-0.15, -0.1) is 0 Å². The number of ether oxygens (including phenoxy) is 1. The highest BCUT2D eigenvalue weighted by atomic mass is 79.9. The highest BCUT2D eigenvalue weighted by molar-refractivity contribution is 9.10. The van der Waals surface area contributed by atoms with E-state index >= 15 is 0 Å². The highest BCUT2D eigenvalue weighted by Crippen LogP contribution is 2.30. The summed E-state index contributed by atoms with van der Waals surface area (Å²) in [6, 6.07) is 6.26. The average Bonchev–Trinajstić information content (AvgIpc) is 2.43. The number of hydrogen-bond donors (Lipinski definition) is 1. The van der Waals surface area contributed by atoms with Crippen LogP contribution in [0.4, 0.5) is 0 Å². The Hall–Kier alpha value is -0.580. The van der Waals surface area contributed by atoms with Crippen LogP contribution < -0.4 is 10.1 Å². The molecule has 20 heavy (non-hydrogen) atoms. The molecule has 4 heteroatoms. The molecule has 0 atom stereocenters. The molecule has 0 amide bonds. The molecule has 2 rings (SSSR count). The van der Waals surface area contributed by atoms with Gasteiger partial charge in [-0.2, -0.15) is 0 Å². The summed E-state index contributed by atoms with van der Waals surface area (Å²) in [5, 5.41) is 3.61. The van der Waals surface area contributed by atoms with Crippen LogP contribution in [-0.4, -0.2) is 38.7 Å². The zero-order valence-electron chi connectivity index (χ0n) is 12.7. The Morgan fingerprint density at radius 1 is 1.35 bits per heavy atom. The monoisotopic (exact) mass is 340 g/mol. The third-order valence-electron chi connectivity index (χ3n) is 4.29. The molecule has 1 N–H and O–H groups in total. The predicted octanol–water partition coefficient (Wildman–Crippen LogP) is 3.28. The first-order chi connectivity index (χ1) is 9.52. The van der Waals surface area contributed by atoms with Gasteiger partial charge >= 0.3 is 0 Å². The van der Waals surface area contributed by atoms with Gasteiger partial charge in [-0.25, -0.2) is 0 Å². The van der Waals surface area contributed by atoms with E-state index in [4.69, 9.17) is 4.74 Å². The average molecular weight is 341 g/mol. The fraction of sp³-hybridized carbons (Fsp3) is 0.625. The molecule has 0 unspecified atom stereocenters. The van der Waals surface area contributed by atoms with Gasteiger partial charge < -0.3 is 15.0 Å². The zero-order chi connectivity index (χ0) is 14.6. The fourth-order valence-electron chi connectivity index (χ4n) is 2.66. The van der Waals surface area contributed by atoms with Crippen molar-refractivity contribution in [3.63, 3.8) is 0 Å². The molecule has 0 aliphatic carbocycles. The molecular weight excluding hydrogens is 316 g/mol. The Labute approximate surface area is 130 Å². The molecule has 1 aromatic rings. The summed E-state index contributed by atoms with van der Waals surface area (Å²) >= 11 is 3.53. The van der Waals surface area contributed by atoms with Crippen molar-refractivity contribution < 1.29 is 4.74 Å². The second-order valence-corrected chi connectivity index (χ2v) is 7.04. The molecule has 1 aliphatic rings. The van der Waals surface area contributed by atoms with Crippen molar-refractivity contribution in [1.29, 1.82) is 0 Å². The van der Waals surface area contributed by atoms with E-state index < -0.39 is 0 Å². The van der Waals surface area contributed by atoms with Crippen LogP contribution in [0, 0.1) is 5.41 Å². The van der Waals surface area contributed by atoms with Gasteiger partial charge in [-0.3, -0.25) is 0 Å². The minimum absolute atomic E-state index is 0.441. The van der Waals surface area contributed by atoms with Crippen molar-refractivity contribution in [3.05, 3.63) is 28.2 Å². The maximum atomic E-state index is 5.25. The first kappa shape index (κ1) is 15.8. The van der Waals surface area contributed by atoms with Crippen molar-refractivity contribution in [2.75, 3.05) is 33.8 Å². The molecule has 1 heterocycles. The molecule has 0 aromatic heterocycles. The molecule has 0 spiro atoms. The number of likely N-dealkylation sites (tertiary alicyclic amines) is 1. The highest BCUT2D eigenvalue weighted by Gasteiger charge is 2.28. The molecule has 1 fully saturated rings. The van der Waals surface area contributed by atoms with Gasteiger partial charge in [0, 0.05) is 13.1 Å². The topological polar surface area (TPSA) is 24.5 Å². The molecule has 1 aliphatic heterocycles. The van der Waals surface area contributed by atoms with E-state index in [0.717, 1.165) is 23.3 Å². The van der Waals surface area contributed by atoms with Crippen LogP contribution in [0.15, 0.2) is 22.7 Å². The second kappa shape index (κ2) is 6.92. The van der Waals surface area contributed by atoms with Gasteiger partial charge in [0.25, 0.3) is 0 Å². The minimum Gasteiger partial charge on any atom is -0.496 e. The standard InChI is InChI=1S/C16H25BrN2O/c1-16(6-8-19(2)9-7-16)12-18-11-13-4-5-15(20-3)14(17)10-13/h4-5,10,18H,6-9,11-12H2,1-3H3. The molecule has 0 radical (unpaired) electrons. The quantitative estimate of drug-likeness (QED) is 0.890. The Kier molecular flexibility index (Phi) is 5.47. The summed E-state index contributed by atoms with van der Waals surface area (Å²) < 4.78 is 6.27. The molecule has 0 bridgehead atoms. The Morgan fingerprint density at radius 3 is 2.65 bits per heavy atom. The maximum absolute atomic E-state index is 5.25. The molecule has 112 valence electrons. The van der Waals surface area contributed by atoms with Crippen molar-refractivity contribution in [3.8, 4) is 5.75 Å². The van der Waals surface area contributed by atoms with E-state index in [1.54, 1.807) is 7.11 Å². The lowest BCUT2D eigenvalue weighted by Gasteiger charge is -2.38. The summed E-state index contributed by atoms with van der Waals surface area (Å²) in [5.41, 5.74) is 1.73. The van der Waals surface area contributed by atoms with Crippen LogP contribution in [0.3, 0.4) is 0 Å². The number of rotatable bonds is 5. The predicted molar refractivity (Wildman–Crippen MR) is 87.2 cm³/mol. The summed E-state index contributed by atoms with van der Waals surface area (Å²) in [7, 11) is 3.90. The summed E-state index contributed by atoms with van der Waals surface area (Å²) in [5.74, 6) is 0.885. The lowest BCUT2D eigenvalue weighted by atomic mass is 9.80. The van der Waals surface area contributed by atoms with Gasteiger partial charge in [0.1, 0.15) is 5.75 Å². The Bertz CT molecular complexity index is 442. The summed E-state index contributed by atoms with van der Waals surface area (Å²) in [6.45, 7) is 6.83. The number of nitrogens with zero attached hydrogens (tertiary/aromatic N) is 1. The second-order valence-electron chi connectivity index (χ2n) is 6.19. The number of piperidine rings is 1. The smallest absolute Gasteiger partial charge is 0.133 e. The molecule has 1 aromatic carbocycles. The lowest BCUT2D eigenvalue weighted by Crippen LogP contribution is -2.41. The molecule has 3 nitrogen and oxygen atoms in total. The number of halogens is 1. The first-order valence-electron chi connectivity index (χ1n) is 7.24. The largest absolute Gasteiger partial charge is 0.496 e. The van der Waals surface area contributed by atoms with Crippen molar-refractivity contribution in [2.45, 2.75) is 26.3 Å². The van der Waals surface area contributed by atoms with E-state index in [9.17, 15) is 0 Å². The lowest BCUT2D eigenvalue weighted by molar-refractivity contribution is 0.137. The van der Waals surface area contributed by atoms with Crippen LogP contribution in [0.2, 0.25) is 0 Å². The maximum Gasteiger partial charge on any atom is 0.133 e. The van der Waals surface area contributed by atoms with Crippen molar-refractivity contribution in [2.24, 2.45) is 5.41 Å². The van der Waals surface area contributed by atoms with Gasteiger partial charge in [0.2, 0.25) is 0 Å². The Balaban J connectivity index is 1.82. The van der Waals surface area contributed by atoms with Crippen molar-refractivity contribution >= 4 is 15.9 Å². The van der Waals surface area contributed by atoms with Gasteiger partial charge in [-0.1, -0.05) is 13.0 Å². The van der Waals surface area contributed by atoms with Crippen LogP contribution in [0.25, 0.3) is 0 Å². The van der Waals surface area contributed by atoms with Crippen LogP contribution in [-0.2, 0) is 6.54 Å². The van der Waals surface area contributed by atoms with E-state index in [2.05, 4.69) is 52.3 Å². The molecular formula is C16H25BrN2O. The SMILES string of the molecule is COc1ccc(CNCC2(C)CCN(C)CC2)cc1Br. The minimum atomic E-state index is 0.441. The Morgan fingerprint density at radius 2 is 2.05 bits per heavy atom. The molecule has 0 saturated carbocycles. The van der Waals surface area contributed by atoms with E-state index in [0.29, 0.717) is 5.41 Å². The number of hydrogen-bond acceptors (Lipinski definition) is 3. The van der Waals surface area contributed by atoms with Crippen LogP contribution in [0.5, 0.6) is 5.75 Å². The van der Waals surface area contributed by atoms with Crippen molar-refractivity contribution in [1.82, 2.24) is 10.2 Å². The van der Waals surface area contributed by atoms with E-state index in [1.165, 1.54) is 31.5 Å².